The van der Waals surface area contributed by atoms with Crippen molar-refractivity contribution in [2.45, 2.75) is 19.4 Å². The van der Waals surface area contributed by atoms with Crippen molar-refractivity contribution in [1.29, 1.82) is 0 Å². The van der Waals surface area contributed by atoms with E-state index in [0.29, 0.717) is 44.0 Å². The van der Waals surface area contributed by atoms with Crippen molar-refractivity contribution in [2.24, 2.45) is 0 Å². The van der Waals surface area contributed by atoms with Crippen molar-refractivity contribution < 1.29 is 18.8 Å². The van der Waals surface area contributed by atoms with Crippen LogP contribution in [0.4, 0.5) is 10.1 Å². The van der Waals surface area contributed by atoms with Crippen molar-refractivity contribution in [2.75, 3.05) is 37.6 Å². The maximum absolute atomic E-state index is 13.3. The first-order valence-electron chi connectivity index (χ1n) is 11.9. The fourth-order valence-electron chi connectivity index (χ4n) is 4.82. The third-order valence-electron chi connectivity index (χ3n) is 6.71. The van der Waals surface area contributed by atoms with Gasteiger partial charge in [0.15, 0.2) is 0 Å². The predicted molar refractivity (Wildman–Crippen MR) is 130 cm³/mol. The summed E-state index contributed by atoms with van der Waals surface area (Å²) in [6.07, 6.45) is 3.64. The first-order valence-corrected chi connectivity index (χ1v) is 11.9. The number of carbonyl (C=O) groups is 3. The summed E-state index contributed by atoms with van der Waals surface area (Å²) in [5.41, 5.74) is 3.01. The molecule has 2 aromatic carbocycles. The minimum atomic E-state index is -0.386. The average Bonchev–Trinajstić information content (AvgIpc) is 3.36. The molecule has 3 heterocycles. The van der Waals surface area contributed by atoms with E-state index in [9.17, 15) is 18.8 Å². The van der Waals surface area contributed by atoms with Gasteiger partial charge in [-0.05, 0) is 60.9 Å². The van der Waals surface area contributed by atoms with Crippen LogP contribution in [0.15, 0.2) is 66.9 Å². The van der Waals surface area contributed by atoms with Crippen LogP contribution in [0.25, 0.3) is 0 Å². The molecule has 3 aromatic rings. The smallest absolute Gasteiger partial charge is 0.270 e. The Balaban J connectivity index is 1.22. The number of hydrogen-bond acceptors (Lipinski definition) is 3. The fourth-order valence-corrected chi connectivity index (χ4v) is 4.82. The summed E-state index contributed by atoms with van der Waals surface area (Å²) in [5.74, 6) is -0.760. The highest BCUT2D eigenvalue weighted by Gasteiger charge is 2.28. The number of fused-ring (bicyclic) bond motifs is 1. The van der Waals surface area contributed by atoms with E-state index in [4.69, 9.17) is 0 Å². The van der Waals surface area contributed by atoms with Crippen molar-refractivity contribution in [3.05, 3.63) is 89.5 Å². The molecule has 0 radical (unpaired) electrons. The minimum absolute atomic E-state index is 0.0443. The molecule has 0 atom stereocenters. The van der Waals surface area contributed by atoms with E-state index in [1.54, 1.807) is 32.7 Å². The fraction of sp³-hybridized carbons (Fsp3) is 0.296. The maximum Gasteiger partial charge on any atom is 0.270 e. The highest BCUT2D eigenvalue weighted by molar-refractivity contribution is 5.97. The molecule has 3 amide bonds. The number of benzene rings is 2. The van der Waals surface area contributed by atoms with Crippen LogP contribution in [0.2, 0.25) is 0 Å². The second-order valence-electron chi connectivity index (χ2n) is 8.89. The topological polar surface area (TPSA) is 65.9 Å². The largest absolute Gasteiger partial charge is 0.335 e. The molecule has 7 nitrogen and oxygen atoms in total. The van der Waals surface area contributed by atoms with Gasteiger partial charge in [0, 0.05) is 50.2 Å². The standard InChI is InChI=1S/C27H27FN4O3/c28-22-11-9-21(10-12-22)26(34)29-15-17-30(18-16-29)27(35)24-8-4-13-31(24)19-25(33)32-14-3-6-20-5-1-2-7-23(20)32/h1-2,4-5,7-13H,3,6,14-19H2. The lowest BCUT2D eigenvalue weighted by atomic mass is 10.0. The second kappa shape index (κ2) is 9.74. The molecule has 1 aromatic heterocycles. The van der Waals surface area contributed by atoms with Gasteiger partial charge in [0.2, 0.25) is 5.91 Å². The Hall–Kier alpha value is -3.94. The first kappa shape index (κ1) is 22.8. The molecule has 8 heteroatoms. The van der Waals surface area contributed by atoms with Gasteiger partial charge in [-0.3, -0.25) is 14.4 Å². The average molecular weight is 475 g/mol. The molecular formula is C27H27FN4O3. The van der Waals surface area contributed by atoms with Gasteiger partial charge in [-0.1, -0.05) is 18.2 Å². The Morgan fingerprint density at radius 1 is 0.771 bits per heavy atom. The van der Waals surface area contributed by atoms with E-state index < -0.39 is 0 Å². The lowest BCUT2D eigenvalue weighted by molar-refractivity contribution is -0.119. The first-order chi connectivity index (χ1) is 17.0. The van der Waals surface area contributed by atoms with Crippen LogP contribution >= 0.6 is 0 Å². The van der Waals surface area contributed by atoms with Gasteiger partial charge in [0.1, 0.15) is 18.1 Å². The summed E-state index contributed by atoms with van der Waals surface area (Å²) in [6, 6.07) is 16.9. The summed E-state index contributed by atoms with van der Waals surface area (Å²) < 4.78 is 14.9. The molecule has 2 aliphatic rings. The van der Waals surface area contributed by atoms with Crippen molar-refractivity contribution in [1.82, 2.24) is 14.4 Å². The molecule has 0 aliphatic carbocycles. The number of rotatable bonds is 4. The summed E-state index contributed by atoms with van der Waals surface area (Å²) >= 11 is 0. The molecular weight excluding hydrogens is 447 g/mol. The number of anilines is 1. The SMILES string of the molecule is O=C(c1ccc(F)cc1)N1CCN(C(=O)c2cccn2CC(=O)N2CCCc3ccccc32)CC1. The number of nitrogens with zero attached hydrogens (tertiary/aromatic N) is 4. The molecule has 1 saturated heterocycles. The summed E-state index contributed by atoms with van der Waals surface area (Å²) in [5, 5.41) is 0. The Morgan fingerprint density at radius 2 is 1.46 bits per heavy atom. The minimum Gasteiger partial charge on any atom is -0.335 e. The van der Waals surface area contributed by atoms with Gasteiger partial charge in [-0.2, -0.15) is 0 Å². The van der Waals surface area contributed by atoms with E-state index in [2.05, 4.69) is 6.07 Å². The lowest BCUT2D eigenvalue weighted by Gasteiger charge is -2.35. The maximum atomic E-state index is 13.3. The predicted octanol–water partition coefficient (Wildman–Crippen LogP) is 3.20. The second-order valence-corrected chi connectivity index (χ2v) is 8.89. The molecule has 0 N–H and O–H groups in total. The van der Waals surface area contributed by atoms with Crippen LogP contribution in [-0.2, 0) is 17.8 Å². The highest BCUT2D eigenvalue weighted by atomic mass is 19.1. The number of para-hydroxylation sites is 1. The molecule has 5 rings (SSSR count). The Kier molecular flexibility index (Phi) is 6.35. The molecule has 2 aliphatic heterocycles. The monoisotopic (exact) mass is 474 g/mol. The third-order valence-corrected chi connectivity index (χ3v) is 6.71. The summed E-state index contributed by atoms with van der Waals surface area (Å²) in [4.78, 5) is 44.3. The molecule has 0 bridgehead atoms. The van der Waals surface area contributed by atoms with Gasteiger partial charge < -0.3 is 19.3 Å². The van der Waals surface area contributed by atoms with Gasteiger partial charge in [-0.15, -0.1) is 0 Å². The van der Waals surface area contributed by atoms with Crippen LogP contribution in [0, 0.1) is 5.82 Å². The van der Waals surface area contributed by atoms with Crippen LogP contribution in [0.1, 0.15) is 32.8 Å². The van der Waals surface area contributed by atoms with Crippen LogP contribution in [-0.4, -0.2) is 64.8 Å². The van der Waals surface area contributed by atoms with Crippen molar-refractivity contribution in [3.63, 3.8) is 0 Å². The number of halogens is 1. The number of piperazine rings is 1. The van der Waals surface area contributed by atoms with Crippen LogP contribution in [0.3, 0.4) is 0 Å². The summed E-state index contributed by atoms with van der Waals surface area (Å²) in [7, 11) is 0. The van der Waals surface area contributed by atoms with Crippen molar-refractivity contribution >= 4 is 23.4 Å². The van der Waals surface area contributed by atoms with E-state index in [1.165, 1.54) is 29.8 Å². The zero-order valence-corrected chi connectivity index (χ0v) is 19.4. The molecule has 1 fully saturated rings. The van der Waals surface area contributed by atoms with Gasteiger partial charge in [0.05, 0.1) is 0 Å². The van der Waals surface area contributed by atoms with E-state index >= 15 is 0 Å². The normalized spacial score (nSPS) is 15.6. The zero-order valence-electron chi connectivity index (χ0n) is 19.4. The van der Waals surface area contributed by atoms with E-state index in [1.807, 2.05) is 23.1 Å². The van der Waals surface area contributed by atoms with Crippen molar-refractivity contribution in [3.8, 4) is 0 Å². The highest BCUT2D eigenvalue weighted by Crippen LogP contribution is 2.27. The van der Waals surface area contributed by atoms with Crippen LogP contribution < -0.4 is 4.90 Å². The molecule has 180 valence electrons. The third kappa shape index (κ3) is 4.69. The Morgan fingerprint density at radius 3 is 2.20 bits per heavy atom. The van der Waals surface area contributed by atoms with E-state index in [-0.39, 0.29) is 30.1 Å². The molecule has 0 saturated carbocycles. The lowest BCUT2D eigenvalue weighted by Crippen LogP contribution is -2.51. The van der Waals surface area contributed by atoms with Gasteiger partial charge >= 0.3 is 0 Å². The number of amides is 3. The number of carbonyl (C=O) groups excluding carboxylic acids is 3. The zero-order chi connectivity index (χ0) is 24.4. The van der Waals surface area contributed by atoms with Crippen LogP contribution in [0.5, 0.6) is 0 Å². The quantitative estimate of drug-likeness (QED) is 0.583. The van der Waals surface area contributed by atoms with Gasteiger partial charge in [0.25, 0.3) is 11.8 Å². The van der Waals surface area contributed by atoms with E-state index in [0.717, 1.165) is 18.5 Å². The number of aryl methyl sites for hydroxylation is 1. The Labute approximate surface area is 203 Å². The molecule has 0 spiro atoms. The molecule has 35 heavy (non-hydrogen) atoms. The Bertz CT molecular complexity index is 1250. The van der Waals surface area contributed by atoms with Gasteiger partial charge in [-0.25, -0.2) is 4.39 Å². The molecule has 0 unspecified atom stereocenters. The number of aromatic nitrogens is 1. The number of hydrogen-bond donors (Lipinski definition) is 0. The summed E-state index contributed by atoms with van der Waals surface area (Å²) in [6.45, 7) is 2.34.